The summed E-state index contributed by atoms with van der Waals surface area (Å²) in [5, 5.41) is 3.15. The van der Waals surface area contributed by atoms with E-state index in [4.69, 9.17) is 0 Å². The highest BCUT2D eigenvalue weighted by molar-refractivity contribution is 5.85. The van der Waals surface area contributed by atoms with Crippen LogP contribution in [0.3, 0.4) is 0 Å². The van der Waals surface area contributed by atoms with Gasteiger partial charge in [0.15, 0.2) is 0 Å². The summed E-state index contributed by atoms with van der Waals surface area (Å²) in [6.07, 6.45) is -2.08. The smallest absolute Gasteiger partial charge is 0.342 e. The molecular formula is C12H20ClF3N2O. The number of nitrogens with one attached hydrogen (secondary N) is 1. The molecule has 0 radical (unpaired) electrons. The molecule has 0 aromatic carbocycles. The first-order chi connectivity index (χ1) is 8.48. The lowest BCUT2D eigenvalue weighted by atomic mass is 9.92. The molecule has 2 heterocycles. The zero-order valence-electron chi connectivity index (χ0n) is 10.7. The summed E-state index contributed by atoms with van der Waals surface area (Å²) >= 11 is 0. The van der Waals surface area contributed by atoms with Gasteiger partial charge in [0.2, 0.25) is 5.91 Å². The van der Waals surface area contributed by atoms with Crippen LogP contribution in [0.2, 0.25) is 0 Å². The van der Waals surface area contributed by atoms with Gasteiger partial charge in [-0.3, -0.25) is 4.79 Å². The van der Waals surface area contributed by atoms with Gasteiger partial charge in [0, 0.05) is 19.0 Å². The Kier molecular flexibility index (Phi) is 5.92. The predicted molar refractivity (Wildman–Crippen MR) is 68.2 cm³/mol. The average molecular weight is 301 g/mol. The van der Waals surface area contributed by atoms with Crippen molar-refractivity contribution in [3.05, 3.63) is 0 Å². The van der Waals surface area contributed by atoms with Gasteiger partial charge in [0.1, 0.15) is 0 Å². The fraction of sp³-hybridized carbons (Fsp3) is 0.917. The molecule has 2 fully saturated rings. The van der Waals surface area contributed by atoms with Crippen LogP contribution >= 0.6 is 12.4 Å². The normalized spacial score (nSPS) is 25.8. The van der Waals surface area contributed by atoms with Crippen LogP contribution in [0, 0.1) is 11.8 Å². The Morgan fingerprint density at radius 2 is 1.79 bits per heavy atom. The predicted octanol–water partition coefficient (Wildman–Crippen LogP) is 2.21. The molecule has 0 saturated carbocycles. The number of alkyl halides is 3. The SMILES string of the molecule is Cl.O=C(C1CCNCC1)N1CCCC(C(F)(F)F)C1. The summed E-state index contributed by atoms with van der Waals surface area (Å²) in [7, 11) is 0. The number of carbonyl (C=O) groups excluding carboxylic acids is 1. The number of hydrogen-bond acceptors (Lipinski definition) is 2. The molecule has 0 spiro atoms. The monoisotopic (exact) mass is 300 g/mol. The largest absolute Gasteiger partial charge is 0.393 e. The Hall–Kier alpha value is -0.490. The summed E-state index contributed by atoms with van der Waals surface area (Å²) in [5.41, 5.74) is 0. The van der Waals surface area contributed by atoms with E-state index in [9.17, 15) is 18.0 Å². The first-order valence-electron chi connectivity index (χ1n) is 6.54. The van der Waals surface area contributed by atoms with E-state index in [-0.39, 0.29) is 37.2 Å². The third-order valence-electron chi connectivity index (χ3n) is 3.88. The van der Waals surface area contributed by atoms with Crippen molar-refractivity contribution in [3.8, 4) is 0 Å². The van der Waals surface area contributed by atoms with Crippen molar-refractivity contribution in [3.63, 3.8) is 0 Å². The van der Waals surface area contributed by atoms with Crippen molar-refractivity contribution in [2.45, 2.75) is 31.9 Å². The third kappa shape index (κ3) is 4.24. The maximum atomic E-state index is 12.7. The molecule has 1 amide bonds. The van der Waals surface area contributed by atoms with Gasteiger partial charge >= 0.3 is 6.18 Å². The Labute approximate surface area is 117 Å². The average Bonchev–Trinajstić information content (AvgIpc) is 2.38. The molecule has 2 rings (SSSR count). The molecule has 0 aromatic heterocycles. The van der Waals surface area contributed by atoms with Gasteiger partial charge in [0.05, 0.1) is 5.92 Å². The summed E-state index contributed by atoms with van der Waals surface area (Å²) in [6.45, 7) is 1.90. The van der Waals surface area contributed by atoms with Crippen LogP contribution in [-0.2, 0) is 4.79 Å². The molecule has 0 bridgehead atoms. The third-order valence-corrected chi connectivity index (χ3v) is 3.88. The summed E-state index contributed by atoms with van der Waals surface area (Å²) in [6, 6.07) is 0. The van der Waals surface area contributed by atoms with Crippen molar-refractivity contribution < 1.29 is 18.0 Å². The highest BCUT2D eigenvalue weighted by Gasteiger charge is 2.43. The molecule has 1 atom stereocenters. The Morgan fingerprint density at radius 3 is 2.37 bits per heavy atom. The fourth-order valence-electron chi connectivity index (χ4n) is 2.77. The Morgan fingerprint density at radius 1 is 1.16 bits per heavy atom. The lowest BCUT2D eigenvalue weighted by Crippen LogP contribution is -2.48. The number of hydrogen-bond donors (Lipinski definition) is 1. The lowest BCUT2D eigenvalue weighted by Gasteiger charge is -2.36. The van der Waals surface area contributed by atoms with Gasteiger partial charge in [-0.25, -0.2) is 0 Å². The van der Waals surface area contributed by atoms with Crippen molar-refractivity contribution in [1.29, 1.82) is 0 Å². The van der Waals surface area contributed by atoms with Gasteiger partial charge in [-0.1, -0.05) is 0 Å². The van der Waals surface area contributed by atoms with E-state index >= 15 is 0 Å². The number of piperidine rings is 2. The van der Waals surface area contributed by atoms with Crippen LogP contribution in [0.1, 0.15) is 25.7 Å². The zero-order valence-corrected chi connectivity index (χ0v) is 11.5. The fourth-order valence-corrected chi connectivity index (χ4v) is 2.77. The van der Waals surface area contributed by atoms with E-state index in [0.717, 1.165) is 25.9 Å². The molecule has 1 unspecified atom stereocenters. The highest BCUT2D eigenvalue weighted by atomic mass is 35.5. The minimum absolute atomic E-state index is 0. The van der Waals surface area contributed by atoms with Gasteiger partial charge in [-0.15, -0.1) is 12.4 Å². The number of rotatable bonds is 1. The number of amides is 1. The summed E-state index contributed by atoms with van der Waals surface area (Å²) in [4.78, 5) is 13.6. The molecule has 2 aliphatic heterocycles. The second-order valence-corrected chi connectivity index (χ2v) is 5.19. The number of likely N-dealkylation sites (tertiary alicyclic amines) is 1. The Balaban J connectivity index is 0.00000180. The Bertz CT molecular complexity index is 306. The van der Waals surface area contributed by atoms with Crippen molar-refractivity contribution >= 4 is 18.3 Å². The zero-order chi connectivity index (χ0) is 13.2. The van der Waals surface area contributed by atoms with E-state index < -0.39 is 12.1 Å². The van der Waals surface area contributed by atoms with E-state index in [0.29, 0.717) is 13.0 Å². The number of halogens is 4. The summed E-state index contributed by atoms with van der Waals surface area (Å²) < 4.78 is 38.0. The first kappa shape index (κ1) is 16.6. The molecular weight excluding hydrogens is 281 g/mol. The van der Waals surface area contributed by atoms with Crippen LogP contribution in [0.15, 0.2) is 0 Å². The van der Waals surface area contributed by atoms with Gasteiger partial charge in [-0.05, 0) is 38.8 Å². The summed E-state index contributed by atoms with van der Waals surface area (Å²) in [5.74, 6) is -1.50. The van der Waals surface area contributed by atoms with E-state index in [1.807, 2.05) is 0 Å². The van der Waals surface area contributed by atoms with Crippen molar-refractivity contribution in [2.24, 2.45) is 11.8 Å². The van der Waals surface area contributed by atoms with Crippen LogP contribution in [0.5, 0.6) is 0 Å². The minimum atomic E-state index is -4.17. The molecule has 1 N–H and O–H groups in total. The van der Waals surface area contributed by atoms with Crippen LogP contribution in [0.4, 0.5) is 13.2 Å². The molecule has 7 heteroatoms. The molecule has 3 nitrogen and oxygen atoms in total. The maximum absolute atomic E-state index is 12.7. The van der Waals surface area contributed by atoms with Crippen LogP contribution in [-0.4, -0.2) is 43.2 Å². The van der Waals surface area contributed by atoms with E-state index in [1.165, 1.54) is 4.90 Å². The van der Waals surface area contributed by atoms with E-state index in [1.54, 1.807) is 0 Å². The highest BCUT2D eigenvalue weighted by Crippen LogP contribution is 2.33. The first-order valence-corrected chi connectivity index (χ1v) is 6.54. The second-order valence-electron chi connectivity index (χ2n) is 5.19. The second kappa shape index (κ2) is 6.79. The van der Waals surface area contributed by atoms with Gasteiger partial charge < -0.3 is 10.2 Å². The van der Waals surface area contributed by atoms with E-state index in [2.05, 4.69) is 5.32 Å². The minimum Gasteiger partial charge on any atom is -0.342 e. The molecule has 0 aromatic rings. The quantitative estimate of drug-likeness (QED) is 0.805. The van der Waals surface area contributed by atoms with Gasteiger partial charge in [-0.2, -0.15) is 13.2 Å². The molecule has 2 saturated heterocycles. The molecule has 2 aliphatic rings. The topological polar surface area (TPSA) is 32.3 Å². The molecule has 19 heavy (non-hydrogen) atoms. The number of nitrogens with zero attached hydrogens (tertiary/aromatic N) is 1. The number of carbonyl (C=O) groups is 1. The van der Waals surface area contributed by atoms with Crippen LogP contribution < -0.4 is 5.32 Å². The van der Waals surface area contributed by atoms with Crippen molar-refractivity contribution in [1.82, 2.24) is 10.2 Å². The van der Waals surface area contributed by atoms with Gasteiger partial charge in [0.25, 0.3) is 0 Å². The molecule has 0 aliphatic carbocycles. The maximum Gasteiger partial charge on any atom is 0.393 e. The van der Waals surface area contributed by atoms with Crippen LogP contribution in [0.25, 0.3) is 0 Å². The van der Waals surface area contributed by atoms with Crippen molar-refractivity contribution in [2.75, 3.05) is 26.2 Å². The molecule has 112 valence electrons. The lowest BCUT2D eigenvalue weighted by molar-refractivity contribution is -0.188. The standard InChI is InChI=1S/C12H19F3N2O.ClH/c13-12(14,15)10-2-1-7-17(8-10)11(18)9-3-5-16-6-4-9;/h9-10,16H,1-8H2;1H.